The van der Waals surface area contributed by atoms with Gasteiger partial charge in [0.2, 0.25) is 0 Å². The minimum atomic E-state index is 0.798. The third-order valence-electron chi connectivity index (χ3n) is 4.85. The Morgan fingerprint density at radius 2 is 1.29 bits per heavy atom. The van der Waals surface area contributed by atoms with E-state index in [4.69, 9.17) is 0 Å². The van der Waals surface area contributed by atoms with Crippen LogP contribution in [0.4, 0.5) is 0 Å². The van der Waals surface area contributed by atoms with E-state index < -0.39 is 0 Å². The van der Waals surface area contributed by atoms with Crippen LogP contribution in [0.3, 0.4) is 0 Å². The number of aryl methyl sites for hydroxylation is 2. The summed E-state index contributed by atoms with van der Waals surface area (Å²) in [6, 6.07) is 16.9. The lowest BCUT2D eigenvalue weighted by molar-refractivity contribution is -0.693. The maximum atomic E-state index is 4.49. The largest absolute Gasteiger partial charge is 0.255 e. The summed E-state index contributed by atoms with van der Waals surface area (Å²) < 4.78 is 4.35. The Balaban J connectivity index is 1.52. The molecule has 4 aromatic rings. The summed E-state index contributed by atoms with van der Waals surface area (Å²) in [5.41, 5.74) is 6.66. The Bertz CT molecular complexity index is 1070. The molecule has 4 aromatic heterocycles. The molecule has 0 saturated heterocycles. The zero-order valence-corrected chi connectivity index (χ0v) is 16.3. The van der Waals surface area contributed by atoms with Crippen LogP contribution in [-0.2, 0) is 13.1 Å². The van der Waals surface area contributed by atoms with Crippen LogP contribution in [0, 0.1) is 6.92 Å². The maximum Gasteiger partial charge on any atom is 0.173 e. The van der Waals surface area contributed by atoms with Crippen molar-refractivity contribution < 1.29 is 9.13 Å². The summed E-state index contributed by atoms with van der Waals surface area (Å²) in [7, 11) is 0. The second kappa shape index (κ2) is 8.09. The molecule has 0 aromatic carbocycles. The van der Waals surface area contributed by atoms with Crippen LogP contribution >= 0.6 is 0 Å². The molecule has 0 radical (unpaired) electrons. The van der Waals surface area contributed by atoms with Gasteiger partial charge in [-0.3, -0.25) is 9.97 Å². The fourth-order valence-electron chi connectivity index (χ4n) is 3.22. The van der Waals surface area contributed by atoms with E-state index in [0.717, 1.165) is 24.5 Å². The third-order valence-corrected chi connectivity index (χ3v) is 4.85. The van der Waals surface area contributed by atoms with Crippen LogP contribution in [0.5, 0.6) is 0 Å². The predicted octanol–water partition coefficient (Wildman–Crippen LogP) is 3.76. The molecule has 0 amide bonds. The van der Waals surface area contributed by atoms with Crippen LogP contribution in [0.25, 0.3) is 22.5 Å². The molecule has 0 N–H and O–H groups in total. The standard InChI is InChI=1S/C24H24N4/c1-3-27-12-6-21(7-13-27)22-8-14-28(15-9-22)18-20-5-11-26-24(17-20)23-16-19(2)4-10-25-23/h4-17H,3,18H2,1-2H3/q+2. The van der Waals surface area contributed by atoms with Gasteiger partial charge in [0.25, 0.3) is 0 Å². The van der Waals surface area contributed by atoms with Crippen molar-refractivity contribution in [3.05, 3.63) is 96.8 Å². The molecular formula is C24H24N4+2. The molecule has 0 atom stereocenters. The fourth-order valence-corrected chi connectivity index (χ4v) is 3.22. The van der Waals surface area contributed by atoms with Crippen molar-refractivity contribution in [2.45, 2.75) is 26.9 Å². The first kappa shape index (κ1) is 18.0. The molecule has 0 fully saturated rings. The second-order valence-electron chi connectivity index (χ2n) is 6.94. The van der Waals surface area contributed by atoms with Gasteiger partial charge in [-0.15, -0.1) is 0 Å². The summed E-state index contributed by atoms with van der Waals surface area (Å²) in [5.74, 6) is 0. The van der Waals surface area contributed by atoms with Crippen LogP contribution in [0.15, 0.2) is 85.7 Å². The van der Waals surface area contributed by atoms with Crippen molar-refractivity contribution in [1.82, 2.24) is 9.97 Å². The van der Waals surface area contributed by atoms with Crippen molar-refractivity contribution in [2.75, 3.05) is 0 Å². The summed E-state index contributed by atoms with van der Waals surface area (Å²) in [5, 5.41) is 0. The Morgan fingerprint density at radius 3 is 1.89 bits per heavy atom. The molecule has 138 valence electrons. The molecule has 0 unspecified atom stereocenters. The molecule has 4 rings (SSSR count). The molecular weight excluding hydrogens is 344 g/mol. The summed E-state index contributed by atoms with van der Waals surface area (Å²) in [4.78, 5) is 8.93. The van der Waals surface area contributed by atoms with E-state index in [2.05, 4.69) is 100 Å². The van der Waals surface area contributed by atoms with E-state index in [0.29, 0.717) is 0 Å². The highest BCUT2D eigenvalue weighted by Gasteiger charge is 2.08. The van der Waals surface area contributed by atoms with Crippen LogP contribution in [-0.4, -0.2) is 9.97 Å². The van der Waals surface area contributed by atoms with E-state index in [-0.39, 0.29) is 0 Å². The van der Waals surface area contributed by atoms with Gasteiger partial charge in [0.05, 0.1) is 11.4 Å². The zero-order valence-electron chi connectivity index (χ0n) is 16.3. The highest BCUT2D eigenvalue weighted by atomic mass is 14.9. The molecule has 4 nitrogen and oxygen atoms in total. The van der Waals surface area contributed by atoms with Crippen LogP contribution < -0.4 is 9.13 Å². The number of hydrogen-bond donors (Lipinski definition) is 0. The van der Waals surface area contributed by atoms with E-state index in [1.54, 1.807) is 0 Å². The summed E-state index contributed by atoms with van der Waals surface area (Å²) in [6.07, 6.45) is 12.2. The van der Waals surface area contributed by atoms with Crippen LogP contribution in [0.2, 0.25) is 0 Å². The van der Waals surface area contributed by atoms with Gasteiger partial charge in [-0.05, 0) is 54.8 Å². The first-order chi connectivity index (χ1) is 13.7. The zero-order chi connectivity index (χ0) is 19.3. The second-order valence-corrected chi connectivity index (χ2v) is 6.94. The van der Waals surface area contributed by atoms with E-state index in [9.17, 15) is 0 Å². The monoisotopic (exact) mass is 368 g/mol. The fraction of sp³-hybridized carbons (Fsp3) is 0.167. The Labute approximate surface area is 165 Å². The molecule has 0 saturated carbocycles. The number of hydrogen-bond acceptors (Lipinski definition) is 2. The maximum absolute atomic E-state index is 4.49. The van der Waals surface area contributed by atoms with Crippen molar-refractivity contribution in [3.63, 3.8) is 0 Å². The lowest BCUT2D eigenvalue weighted by Crippen LogP contribution is -2.33. The van der Waals surface area contributed by atoms with Crippen molar-refractivity contribution in [3.8, 4) is 22.5 Å². The topological polar surface area (TPSA) is 33.5 Å². The summed E-state index contributed by atoms with van der Waals surface area (Å²) >= 11 is 0. The van der Waals surface area contributed by atoms with Gasteiger partial charge in [0, 0.05) is 42.2 Å². The first-order valence-corrected chi connectivity index (χ1v) is 9.58. The normalized spacial score (nSPS) is 10.8. The average Bonchev–Trinajstić information content (AvgIpc) is 2.75. The lowest BCUT2D eigenvalue weighted by Gasteiger charge is -2.04. The minimum Gasteiger partial charge on any atom is -0.255 e. The summed E-state index contributed by atoms with van der Waals surface area (Å²) in [6.45, 7) is 6.00. The van der Waals surface area contributed by atoms with Crippen molar-refractivity contribution >= 4 is 0 Å². The highest BCUT2D eigenvalue weighted by Crippen LogP contribution is 2.17. The molecule has 4 heteroatoms. The molecule has 0 bridgehead atoms. The van der Waals surface area contributed by atoms with Crippen molar-refractivity contribution in [2.24, 2.45) is 0 Å². The van der Waals surface area contributed by atoms with Crippen molar-refractivity contribution in [1.29, 1.82) is 0 Å². The van der Waals surface area contributed by atoms with Gasteiger partial charge < -0.3 is 0 Å². The van der Waals surface area contributed by atoms with Gasteiger partial charge in [0.1, 0.15) is 6.54 Å². The molecule has 0 aliphatic rings. The molecule has 0 aliphatic carbocycles. The minimum absolute atomic E-state index is 0.798. The van der Waals surface area contributed by atoms with E-state index >= 15 is 0 Å². The van der Waals surface area contributed by atoms with Gasteiger partial charge >= 0.3 is 0 Å². The first-order valence-electron chi connectivity index (χ1n) is 9.58. The molecule has 28 heavy (non-hydrogen) atoms. The number of aromatic nitrogens is 4. The number of rotatable bonds is 5. The Kier molecular flexibility index (Phi) is 5.20. The SMILES string of the molecule is CC[n+]1ccc(-c2cc[n+](Cc3ccnc(-c4cc(C)ccn4)c3)cc2)cc1. The molecule has 0 spiro atoms. The van der Waals surface area contributed by atoms with Crippen LogP contribution in [0.1, 0.15) is 18.1 Å². The Hall–Kier alpha value is -3.40. The van der Waals surface area contributed by atoms with Gasteiger partial charge in [0.15, 0.2) is 31.3 Å². The number of nitrogens with zero attached hydrogens (tertiary/aromatic N) is 4. The smallest absolute Gasteiger partial charge is 0.173 e. The quantitative estimate of drug-likeness (QED) is 0.503. The van der Waals surface area contributed by atoms with Gasteiger partial charge in [-0.25, -0.2) is 9.13 Å². The van der Waals surface area contributed by atoms with E-state index in [1.807, 2.05) is 18.5 Å². The highest BCUT2D eigenvalue weighted by molar-refractivity contribution is 5.61. The third kappa shape index (κ3) is 4.12. The predicted molar refractivity (Wildman–Crippen MR) is 109 cm³/mol. The van der Waals surface area contributed by atoms with Gasteiger partial charge in [-0.2, -0.15) is 0 Å². The van der Waals surface area contributed by atoms with E-state index in [1.165, 1.54) is 22.3 Å². The van der Waals surface area contributed by atoms with Gasteiger partial charge in [-0.1, -0.05) is 0 Å². The Morgan fingerprint density at radius 1 is 0.714 bits per heavy atom. The molecule has 0 aliphatic heterocycles. The molecule has 4 heterocycles. The average molecular weight is 368 g/mol. The lowest BCUT2D eigenvalue weighted by atomic mass is 10.1. The number of pyridine rings is 4.